The lowest BCUT2D eigenvalue weighted by Crippen LogP contribution is -2.37. The number of hydrogen-bond donors (Lipinski definition) is 2. The first-order chi connectivity index (χ1) is 12.7. The number of nitrogens with zero attached hydrogens (tertiary/aromatic N) is 4. The second kappa shape index (κ2) is 8.74. The third-order valence-electron chi connectivity index (χ3n) is 3.88. The SMILES string of the molecule is CN=C(NCc1ccc(C)cc1OCC(F)(F)F)NCc1nnc(C)n1C. The molecule has 2 rings (SSSR count). The Bertz CT molecular complexity index is 800. The van der Waals surface area contributed by atoms with Crippen molar-refractivity contribution >= 4 is 5.96 Å². The van der Waals surface area contributed by atoms with Crippen molar-refractivity contribution in [2.75, 3.05) is 13.7 Å². The van der Waals surface area contributed by atoms with Crippen molar-refractivity contribution in [3.05, 3.63) is 41.0 Å². The fourth-order valence-electron chi connectivity index (χ4n) is 2.27. The van der Waals surface area contributed by atoms with Crippen LogP contribution in [0.1, 0.15) is 22.8 Å². The van der Waals surface area contributed by atoms with E-state index >= 15 is 0 Å². The van der Waals surface area contributed by atoms with E-state index in [1.54, 1.807) is 26.1 Å². The van der Waals surface area contributed by atoms with Gasteiger partial charge in [0.1, 0.15) is 11.6 Å². The summed E-state index contributed by atoms with van der Waals surface area (Å²) in [7, 11) is 3.46. The average molecular weight is 384 g/mol. The Kier molecular flexibility index (Phi) is 6.65. The maximum atomic E-state index is 12.5. The van der Waals surface area contributed by atoms with Crippen LogP contribution in [0.3, 0.4) is 0 Å². The predicted octanol–water partition coefficient (Wildman–Crippen LogP) is 2.24. The van der Waals surface area contributed by atoms with Crippen LogP contribution in [-0.4, -0.2) is 40.6 Å². The summed E-state index contributed by atoms with van der Waals surface area (Å²) in [5.74, 6) is 2.21. The van der Waals surface area contributed by atoms with Gasteiger partial charge in [0.15, 0.2) is 18.4 Å². The molecule has 27 heavy (non-hydrogen) atoms. The molecular weight excluding hydrogens is 361 g/mol. The van der Waals surface area contributed by atoms with Gasteiger partial charge in [0.05, 0.1) is 6.54 Å². The highest BCUT2D eigenvalue weighted by Gasteiger charge is 2.28. The molecule has 1 heterocycles. The summed E-state index contributed by atoms with van der Waals surface area (Å²) < 4.78 is 44.2. The largest absolute Gasteiger partial charge is 0.484 e. The smallest absolute Gasteiger partial charge is 0.422 e. The minimum Gasteiger partial charge on any atom is -0.484 e. The molecule has 0 aliphatic carbocycles. The van der Waals surface area contributed by atoms with E-state index in [9.17, 15) is 13.2 Å². The maximum Gasteiger partial charge on any atom is 0.422 e. The second-order valence-corrected chi connectivity index (χ2v) is 6.02. The van der Waals surface area contributed by atoms with Crippen LogP contribution in [0, 0.1) is 13.8 Å². The number of alkyl halides is 3. The predicted molar refractivity (Wildman–Crippen MR) is 95.5 cm³/mol. The highest BCUT2D eigenvalue weighted by atomic mass is 19.4. The minimum atomic E-state index is -4.39. The molecule has 0 saturated heterocycles. The molecule has 0 bridgehead atoms. The lowest BCUT2D eigenvalue weighted by Gasteiger charge is -2.16. The van der Waals surface area contributed by atoms with Gasteiger partial charge in [0, 0.05) is 26.2 Å². The van der Waals surface area contributed by atoms with Crippen LogP contribution in [0.5, 0.6) is 5.75 Å². The van der Waals surface area contributed by atoms with Gasteiger partial charge in [-0.25, -0.2) is 0 Å². The summed E-state index contributed by atoms with van der Waals surface area (Å²) >= 11 is 0. The monoisotopic (exact) mass is 384 g/mol. The summed E-state index contributed by atoms with van der Waals surface area (Å²) in [5.41, 5.74) is 1.42. The zero-order chi connectivity index (χ0) is 20.0. The van der Waals surface area contributed by atoms with E-state index in [4.69, 9.17) is 4.74 Å². The highest BCUT2D eigenvalue weighted by molar-refractivity contribution is 5.79. The van der Waals surface area contributed by atoms with Gasteiger partial charge in [0.25, 0.3) is 0 Å². The van der Waals surface area contributed by atoms with E-state index in [0.29, 0.717) is 18.1 Å². The molecule has 0 fully saturated rings. The second-order valence-electron chi connectivity index (χ2n) is 6.02. The Balaban J connectivity index is 1.98. The molecule has 2 aromatic rings. The topological polar surface area (TPSA) is 76.4 Å². The molecule has 7 nitrogen and oxygen atoms in total. The number of benzene rings is 1. The van der Waals surface area contributed by atoms with E-state index in [1.165, 1.54) is 0 Å². The first kappa shape index (κ1) is 20.5. The highest BCUT2D eigenvalue weighted by Crippen LogP contribution is 2.23. The van der Waals surface area contributed by atoms with Crippen molar-refractivity contribution in [3.8, 4) is 5.75 Å². The van der Waals surface area contributed by atoms with Crippen LogP contribution in [0.25, 0.3) is 0 Å². The normalized spacial score (nSPS) is 12.2. The molecule has 0 aliphatic heterocycles. The number of halogens is 3. The third kappa shape index (κ3) is 6.15. The van der Waals surface area contributed by atoms with Gasteiger partial charge in [-0.15, -0.1) is 10.2 Å². The minimum absolute atomic E-state index is 0.194. The van der Waals surface area contributed by atoms with Gasteiger partial charge in [-0.2, -0.15) is 13.2 Å². The van der Waals surface area contributed by atoms with E-state index in [1.807, 2.05) is 24.6 Å². The molecule has 148 valence electrons. The number of guanidine groups is 1. The van der Waals surface area contributed by atoms with Crippen molar-refractivity contribution in [1.29, 1.82) is 0 Å². The number of hydrogen-bond acceptors (Lipinski definition) is 4. The van der Waals surface area contributed by atoms with Gasteiger partial charge < -0.3 is 19.9 Å². The van der Waals surface area contributed by atoms with Crippen LogP contribution in [0.15, 0.2) is 23.2 Å². The molecule has 0 amide bonds. The molecule has 0 radical (unpaired) electrons. The summed E-state index contributed by atoms with van der Waals surface area (Å²) in [6.45, 7) is 2.97. The van der Waals surface area contributed by atoms with Gasteiger partial charge in [-0.05, 0) is 25.5 Å². The Morgan fingerprint density at radius 1 is 1.19 bits per heavy atom. The number of aryl methyl sites for hydroxylation is 2. The first-order valence-corrected chi connectivity index (χ1v) is 8.28. The standard InChI is InChI=1S/C17H23F3N6O/c1-11-5-6-13(14(7-11)27-10-17(18,19)20)8-22-16(21-3)23-9-15-25-24-12(2)26(15)4/h5-7H,8-10H2,1-4H3,(H2,21,22,23). The number of ether oxygens (including phenoxy) is 1. The van der Waals surface area contributed by atoms with Gasteiger partial charge >= 0.3 is 6.18 Å². The molecule has 0 atom stereocenters. The molecular formula is C17H23F3N6O. The van der Waals surface area contributed by atoms with Crippen LogP contribution in [-0.2, 0) is 20.1 Å². The molecule has 0 aliphatic rings. The van der Waals surface area contributed by atoms with Gasteiger partial charge in [0.2, 0.25) is 0 Å². The Morgan fingerprint density at radius 2 is 1.89 bits per heavy atom. The van der Waals surface area contributed by atoms with Crippen LogP contribution >= 0.6 is 0 Å². The molecule has 2 N–H and O–H groups in total. The van der Waals surface area contributed by atoms with Crippen molar-refractivity contribution in [3.63, 3.8) is 0 Å². The number of aromatic nitrogens is 3. The maximum absolute atomic E-state index is 12.5. The van der Waals surface area contributed by atoms with E-state index in [-0.39, 0.29) is 12.3 Å². The van der Waals surface area contributed by atoms with Crippen molar-refractivity contribution in [2.45, 2.75) is 33.1 Å². The summed E-state index contributed by atoms with van der Waals surface area (Å²) in [6, 6.07) is 5.13. The zero-order valence-electron chi connectivity index (χ0n) is 15.7. The summed E-state index contributed by atoms with van der Waals surface area (Å²) in [5, 5.41) is 14.2. The van der Waals surface area contributed by atoms with Crippen LogP contribution in [0.2, 0.25) is 0 Å². The summed E-state index contributed by atoms with van der Waals surface area (Å²) in [6.07, 6.45) is -4.39. The number of nitrogens with one attached hydrogen (secondary N) is 2. The molecule has 0 spiro atoms. The average Bonchev–Trinajstić information content (AvgIpc) is 2.92. The molecule has 0 saturated carbocycles. The quantitative estimate of drug-likeness (QED) is 0.590. The van der Waals surface area contributed by atoms with E-state index in [2.05, 4.69) is 25.8 Å². The van der Waals surface area contributed by atoms with Gasteiger partial charge in [-0.3, -0.25) is 4.99 Å². The molecule has 0 unspecified atom stereocenters. The molecule has 10 heteroatoms. The number of aliphatic imine (C=N–C) groups is 1. The lowest BCUT2D eigenvalue weighted by molar-refractivity contribution is -0.153. The zero-order valence-corrected chi connectivity index (χ0v) is 15.7. The van der Waals surface area contributed by atoms with Gasteiger partial charge in [-0.1, -0.05) is 12.1 Å². The first-order valence-electron chi connectivity index (χ1n) is 8.28. The third-order valence-corrected chi connectivity index (χ3v) is 3.88. The Labute approximate surface area is 155 Å². The molecule has 1 aromatic heterocycles. The Morgan fingerprint density at radius 3 is 2.48 bits per heavy atom. The van der Waals surface area contributed by atoms with E-state index < -0.39 is 12.8 Å². The van der Waals surface area contributed by atoms with Crippen molar-refractivity contribution in [2.24, 2.45) is 12.0 Å². The number of rotatable bonds is 6. The van der Waals surface area contributed by atoms with E-state index in [0.717, 1.165) is 17.2 Å². The lowest BCUT2D eigenvalue weighted by atomic mass is 10.1. The van der Waals surface area contributed by atoms with Crippen molar-refractivity contribution < 1.29 is 17.9 Å². The van der Waals surface area contributed by atoms with Crippen LogP contribution < -0.4 is 15.4 Å². The fraction of sp³-hybridized carbons (Fsp3) is 0.471. The summed E-state index contributed by atoms with van der Waals surface area (Å²) in [4.78, 5) is 4.10. The van der Waals surface area contributed by atoms with Crippen molar-refractivity contribution in [1.82, 2.24) is 25.4 Å². The van der Waals surface area contributed by atoms with Crippen LogP contribution in [0.4, 0.5) is 13.2 Å². The Hall–Kier alpha value is -2.78. The fourth-order valence-corrected chi connectivity index (χ4v) is 2.27. The molecule has 1 aromatic carbocycles.